The monoisotopic (exact) mass is 201 g/mol. The van der Waals surface area contributed by atoms with Crippen LogP contribution >= 0.6 is 0 Å². The van der Waals surface area contributed by atoms with Crippen LogP contribution in [0.4, 0.5) is 0 Å². The normalized spacial score (nSPS) is 36.4. The Kier molecular flexibility index (Phi) is 3.07. The molecule has 1 N–H and O–H groups in total. The van der Waals surface area contributed by atoms with Crippen LogP contribution in [0, 0.1) is 0 Å². The highest BCUT2D eigenvalue weighted by Crippen LogP contribution is 2.21. The first-order valence-corrected chi connectivity index (χ1v) is 5.29. The summed E-state index contributed by atoms with van der Waals surface area (Å²) in [6.45, 7) is 7.16. The van der Waals surface area contributed by atoms with Crippen LogP contribution in [0.3, 0.4) is 0 Å². The van der Waals surface area contributed by atoms with Gasteiger partial charge in [0.2, 0.25) is 0 Å². The van der Waals surface area contributed by atoms with E-state index in [-0.39, 0.29) is 6.10 Å². The summed E-state index contributed by atoms with van der Waals surface area (Å²) in [6.07, 6.45) is 1.29. The van der Waals surface area contributed by atoms with Crippen molar-refractivity contribution in [2.75, 3.05) is 26.4 Å². The lowest BCUT2D eigenvalue weighted by Gasteiger charge is -2.18. The maximum Gasteiger partial charge on any atom is 0.163 e. The van der Waals surface area contributed by atoms with Gasteiger partial charge in [0, 0.05) is 19.2 Å². The summed E-state index contributed by atoms with van der Waals surface area (Å²) in [7, 11) is 0. The molecule has 0 saturated carbocycles. The molecular weight excluding hydrogens is 182 g/mol. The van der Waals surface area contributed by atoms with E-state index >= 15 is 0 Å². The molecule has 0 aromatic rings. The Labute approximate surface area is 84.9 Å². The highest BCUT2D eigenvalue weighted by Gasteiger charge is 2.32. The van der Waals surface area contributed by atoms with Crippen molar-refractivity contribution < 1.29 is 14.2 Å². The number of hydrogen-bond acceptors (Lipinski definition) is 4. The Morgan fingerprint density at radius 1 is 1.36 bits per heavy atom. The van der Waals surface area contributed by atoms with Gasteiger partial charge in [-0.15, -0.1) is 0 Å². The SMILES string of the molecule is CC1(C)OCC(CNC2CCOC2)O1. The van der Waals surface area contributed by atoms with E-state index in [1.54, 1.807) is 0 Å². The average molecular weight is 201 g/mol. The lowest BCUT2D eigenvalue weighted by atomic mass is 10.2. The molecule has 2 atom stereocenters. The summed E-state index contributed by atoms with van der Waals surface area (Å²) in [5.74, 6) is -0.404. The van der Waals surface area contributed by atoms with Gasteiger partial charge in [-0.3, -0.25) is 0 Å². The third-order valence-electron chi connectivity index (χ3n) is 2.63. The minimum Gasteiger partial charge on any atom is -0.380 e. The van der Waals surface area contributed by atoms with E-state index in [1.165, 1.54) is 0 Å². The largest absolute Gasteiger partial charge is 0.380 e. The fourth-order valence-corrected chi connectivity index (χ4v) is 1.86. The third-order valence-corrected chi connectivity index (χ3v) is 2.63. The van der Waals surface area contributed by atoms with Crippen molar-refractivity contribution >= 4 is 0 Å². The van der Waals surface area contributed by atoms with Crippen molar-refractivity contribution in [1.29, 1.82) is 0 Å². The first kappa shape index (κ1) is 10.4. The molecule has 2 fully saturated rings. The van der Waals surface area contributed by atoms with Gasteiger partial charge in [0.25, 0.3) is 0 Å². The van der Waals surface area contributed by atoms with Crippen molar-refractivity contribution in [1.82, 2.24) is 5.32 Å². The van der Waals surface area contributed by atoms with Gasteiger partial charge in [0.1, 0.15) is 0 Å². The predicted molar refractivity (Wildman–Crippen MR) is 52.1 cm³/mol. The summed E-state index contributed by atoms with van der Waals surface area (Å²) >= 11 is 0. The Bertz CT molecular complexity index is 190. The van der Waals surface area contributed by atoms with Crippen LogP contribution in [0.15, 0.2) is 0 Å². The van der Waals surface area contributed by atoms with Crippen molar-refractivity contribution in [3.05, 3.63) is 0 Å². The van der Waals surface area contributed by atoms with Gasteiger partial charge in [0.05, 0.1) is 19.3 Å². The zero-order valence-corrected chi connectivity index (χ0v) is 8.91. The topological polar surface area (TPSA) is 39.7 Å². The molecule has 0 bridgehead atoms. The molecule has 14 heavy (non-hydrogen) atoms. The standard InChI is InChI=1S/C10H19NO3/c1-10(2)13-7-9(14-10)5-11-8-3-4-12-6-8/h8-9,11H,3-7H2,1-2H3. The third kappa shape index (κ3) is 2.67. The van der Waals surface area contributed by atoms with E-state index in [9.17, 15) is 0 Å². The van der Waals surface area contributed by atoms with E-state index in [0.717, 1.165) is 26.2 Å². The Balaban J connectivity index is 1.66. The van der Waals surface area contributed by atoms with Crippen LogP contribution in [0.5, 0.6) is 0 Å². The molecule has 4 nitrogen and oxygen atoms in total. The van der Waals surface area contributed by atoms with Crippen molar-refractivity contribution in [3.63, 3.8) is 0 Å². The molecule has 2 unspecified atom stereocenters. The molecule has 2 aliphatic heterocycles. The molecule has 82 valence electrons. The van der Waals surface area contributed by atoms with Gasteiger partial charge in [-0.25, -0.2) is 0 Å². The smallest absolute Gasteiger partial charge is 0.163 e. The molecule has 4 heteroatoms. The van der Waals surface area contributed by atoms with Gasteiger partial charge in [0.15, 0.2) is 5.79 Å². The number of hydrogen-bond donors (Lipinski definition) is 1. The molecule has 0 radical (unpaired) electrons. The predicted octanol–water partition coefficient (Wildman–Crippen LogP) is 0.516. The zero-order chi connectivity index (χ0) is 10.0. The zero-order valence-electron chi connectivity index (χ0n) is 8.91. The summed E-state index contributed by atoms with van der Waals surface area (Å²) < 4.78 is 16.4. The van der Waals surface area contributed by atoms with Gasteiger partial charge in [-0.05, 0) is 20.3 Å². The van der Waals surface area contributed by atoms with Crippen molar-refractivity contribution in [2.45, 2.75) is 38.2 Å². The van der Waals surface area contributed by atoms with Gasteiger partial charge in [-0.1, -0.05) is 0 Å². The molecule has 0 aromatic carbocycles. The Hall–Kier alpha value is -0.160. The molecule has 2 rings (SSSR count). The second-order valence-electron chi connectivity index (χ2n) is 4.42. The molecular formula is C10H19NO3. The lowest BCUT2D eigenvalue weighted by molar-refractivity contribution is -0.137. The van der Waals surface area contributed by atoms with Gasteiger partial charge < -0.3 is 19.5 Å². The van der Waals surface area contributed by atoms with Crippen LogP contribution in [0.1, 0.15) is 20.3 Å². The fourth-order valence-electron chi connectivity index (χ4n) is 1.86. The molecule has 2 saturated heterocycles. The number of ether oxygens (including phenoxy) is 3. The maximum absolute atomic E-state index is 5.68. The van der Waals surface area contributed by atoms with E-state index < -0.39 is 5.79 Å². The second kappa shape index (κ2) is 4.14. The van der Waals surface area contributed by atoms with E-state index in [0.29, 0.717) is 12.6 Å². The molecule has 2 heterocycles. The first-order chi connectivity index (χ1) is 6.66. The Morgan fingerprint density at radius 3 is 2.79 bits per heavy atom. The average Bonchev–Trinajstić information content (AvgIpc) is 2.70. The summed E-state index contributed by atoms with van der Waals surface area (Å²) in [6, 6.07) is 0.502. The second-order valence-corrected chi connectivity index (χ2v) is 4.42. The molecule has 0 aromatic heterocycles. The van der Waals surface area contributed by atoms with Crippen LogP contribution < -0.4 is 5.32 Å². The van der Waals surface area contributed by atoms with Crippen molar-refractivity contribution in [3.8, 4) is 0 Å². The summed E-state index contributed by atoms with van der Waals surface area (Å²) in [5, 5.41) is 3.43. The highest BCUT2D eigenvalue weighted by atomic mass is 16.7. The van der Waals surface area contributed by atoms with Crippen molar-refractivity contribution in [2.24, 2.45) is 0 Å². The van der Waals surface area contributed by atoms with E-state index in [4.69, 9.17) is 14.2 Å². The van der Waals surface area contributed by atoms with Gasteiger partial charge in [-0.2, -0.15) is 0 Å². The Morgan fingerprint density at radius 2 is 2.21 bits per heavy atom. The van der Waals surface area contributed by atoms with Crippen LogP contribution in [0.25, 0.3) is 0 Å². The number of rotatable bonds is 3. The summed E-state index contributed by atoms with van der Waals surface area (Å²) in [5.41, 5.74) is 0. The molecule has 2 aliphatic rings. The minimum atomic E-state index is -0.404. The molecule has 0 amide bonds. The van der Waals surface area contributed by atoms with Gasteiger partial charge >= 0.3 is 0 Å². The molecule has 0 aliphatic carbocycles. The van der Waals surface area contributed by atoms with E-state index in [1.807, 2.05) is 13.8 Å². The quantitative estimate of drug-likeness (QED) is 0.722. The van der Waals surface area contributed by atoms with Crippen LogP contribution in [0.2, 0.25) is 0 Å². The molecule has 0 spiro atoms. The highest BCUT2D eigenvalue weighted by molar-refractivity contribution is 4.77. The van der Waals surface area contributed by atoms with E-state index in [2.05, 4.69) is 5.32 Å². The number of nitrogens with one attached hydrogen (secondary N) is 1. The fraction of sp³-hybridized carbons (Fsp3) is 1.00. The first-order valence-electron chi connectivity index (χ1n) is 5.29. The minimum absolute atomic E-state index is 0.186. The van der Waals surface area contributed by atoms with Crippen LogP contribution in [-0.4, -0.2) is 44.3 Å². The maximum atomic E-state index is 5.68. The lowest BCUT2D eigenvalue weighted by Crippen LogP contribution is -2.37. The van der Waals surface area contributed by atoms with Crippen LogP contribution in [-0.2, 0) is 14.2 Å². The summed E-state index contributed by atoms with van der Waals surface area (Å²) in [4.78, 5) is 0.